The number of carbonyl (C=O) groups excluding carboxylic acids is 1. The zero-order valence-corrected chi connectivity index (χ0v) is 16.2. The maximum absolute atomic E-state index is 12.8. The first-order valence-electron chi connectivity index (χ1n) is 9.27. The van der Waals surface area contributed by atoms with Crippen molar-refractivity contribution in [2.75, 3.05) is 39.5 Å². The lowest BCUT2D eigenvalue weighted by atomic mass is 10.0. The number of rotatable bonds is 7. The fourth-order valence-corrected chi connectivity index (χ4v) is 3.55. The lowest BCUT2D eigenvalue weighted by Gasteiger charge is -2.35. The molecule has 2 aromatic rings. The van der Waals surface area contributed by atoms with Crippen LogP contribution in [-0.4, -0.2) is 50.3 Å². The van der Waals surface area contributed by atoms with Crippen molar-refractivity contribution in [1.82, 2.24) is 10.2 Å². The standard InChI is InChI=1S/C21H25ClN2O3/c1-2-27-20-10-6-4-8-17(20)21(25)23-15-19(24-11-13-26-14-12-24)16-7-3-5-9-18(16)22/h3-10,19H,2,11-15H2,1H3,(H,23,25)/t19-/m1/s1. The van der Waals surface area contributed by atoms with Crippen molar-refractivity contribution in [2.45, 2.75) is 13.0 Å². The first-order chi connectivity index (χ1) is 13.2. The highest BCUT2D eigenvalue weighted by atomic mass is 35.5. The van der Waals surface area contributed by atoms with Crippen molar-refractivity contribution in [1.29, 1.82) is 0 Å². The van der Waals surface area contributed by atoms with Gasteiger partial charge >= 0.3 is 0 Å². The number of nitrogens with one attached hydrogen (secondary N) is 1. The Morgan fingerprint density at radius 1 is 1.19 bits per heavy atom. The first-order valence-corrected chi connectivity index (χ1v) is 9.64. The molecular formula is C21H25ClN2O3. The fraction of sp³-hybridized carbons (Fsp3) is 0.381. The van der Waals surface area contributed by atoms with Gasteiger partial charge in [-0.25, -0.2) is 0 Å². The van der Waals surface area contributed by atoms with Gasteiger partial charge < -0.3 is 14.8 Å². The SMILES string of the molecule is CCOc1ccccc1C(=O)NC[C@H](c1ccccc1Cl)N1CCOCC1. The molecule has 0 radical (unpaired) electrons. The zero-order chi connectivity index (χ0) is 19.1. The van der Waals surface area contributed by atoms with E-state index in [2.05, 4.69) is 10.2 Å². The van der Waals surface area contributed by atoms with Crippen LogP contribution in [0, 0.1) is 0 Å². The third kappa shape index (κ3) is 5.01. The lowest BCUT2D eigenvalue weighted by Crippen LogP contribution is -2.44. The summed E-state index contributed by atoms with van der Waals surface area (Å²) < 4.78 is 11.1. The van der Waals surface area contributed by atoms with E-state index in [1.165, 1.54) is 0 Å². The smallest absolute Gasteiger partial charge is 0.255 e. The van der Waals surface area contributed by atoms with Gasteiger partial charge in [0.25, 0.3) is 5.91 Å². The summed E-state index contributed by atoms with van der Waals surface area (Å²) in [5, 5.41) is 3.77. The van der Waals surface area contributed by atoms with Crippen LogP contribution in [0.2, 0.25) is 5.02 Å². The quantitative estimate of drug-likeness (QED) is 0.788. The van der Waals surface area contributed by atoms with E-state index in [0.717, 1.165) is 18.7 Å². The van der Waals surface area contributed by atoms with Gasteiger partial charge in [-0.2, -0.15) is 0 Å². The molecule has 5 nitrogen and oxygen atoms in total. The van der Waals surface area contributed by atoms with E-state index in [1.54, 1.807) is 6.07 Å². The molecule has 1 atom stereocenters. The van der Waals surface area contributed by atoms with Crippen LogP contribution in [0.15, 0.2) is 48.5 Å². The van der Waals surface area contributed by atoms with Crippen LogP contribution in [-0.2, 0) is 4.74 Å². The molecule has 3 rings (SSSR count). The van der Waals surface area contributed by atoms with Gasteiger partial charge in [0.15, 0.2) is 0 Å². The minimum absolute atomic E-state index is 0.00851. The molecule has 1 N–H and O–H groups in total. The Morgan fingerprint density at radius 2 is 1.89 bits per heavy atom. The molecule has 2 aromatic carbocycles. The number of hydrogen-bond acceptors (Lipinski definition) is 4. The van der Waals surface area contributed by atoms with Gasteiger partial charge in [0.1, 0.15) is 5.75 Å². The third-order valence-corrected chi connectivity index (χ3v) is 4.98. The normalized spacial score (nSPS) is 15.9. The largest absolute Gasteiger partial charge is 0.493 e. The third-order valence-electron chi connectivity index (χ3n) is 4.64. The second-order valence-corrected chi connectivity index (χ2v) is 6.73. The highest BCUT2D eigenvalue weighted by Gasteiger charge is 2.25. The van der Waals surface area contributed by atoms with Crippen LogP contribution in [0.25, 0.3) is 0 Å². The monoisotopic (exact) mass is 388 g/mol. The van der Waals surface area contributed by atoms with Crippen LogP contribution in [0.1, 0.15) is 28.9 Å². The Bertz CT molecular complexity index is 763. The second-order valence-electron chi connectivity index (χ2n) is 6.32. The molecule has 1 aliphatic rings. The molecule has 1 heterocycles. The van der Waals surface area contributed by atoms with Gasteiger partial charge in [0.2, 0.25) is 0 Å². The molecule has 1 saturated heterocycles. The highest BCUT2D eigenvalue weighted by Crippen LogP contribution is 2.28. The molecular weight excluding hydrogens is 364 g/mol. The molecule has 1 fully saturated rings. The summed E-state index contributed by atoms with van der Waals surface area (Å²) in [6, 6.07) is 15.1. The summed E-state index contributed by atoms with van der Waals surface area (Å²) >= 11 is 6.45. The summed E-state index contributed by atoms with van der Waals surface area (Å²) in [6.45, 7) is 5.86. The van der Waals surface area contributed by atoms with Crippen molar-refractivity contribution < 1.29 is 14.3 Å². The molecule has 1 aliphatic heterocycles. The molecule has 0 spiro atoms. The van der Waals surface area contributed by atoms with Crippen molar-refractivity contribution in [3.63, 3.8) is 0 Å². The summed E-state index contributed by atoms with van der Waals surface area (Å²) in [4.78, 5) is 15.1. The van der Waals surface area contributed by atoms with Gasteiger partial charge in [0, 0.05) is 24.7 Å². The zero-order valence-electron chi connectivity index (χ0n) is 15.5. The number of amides is 1. The molecule has 1 amide bonds. The maximum atomic E-state index is 12.8. The molecule has 27 heavy (non-hydrogen) atoms. The molecule has 0 bridgehead atoms. The summed E-state index contributed by atoms with van der Waals surface area (Å²) in [6.07, 6.45) is 0. The number of para-hydroxylation sites is 1. The number of nitrogens with zero attached hydrogens (tertiary/aromatic N) is 1. The number of hydrogen-bond donors (Lipinski definition) is 1. The van der Waals surface area contributed by atoms with E-state index in [1.807, 2.05) is 49.4 Å². The number of ether oxygens (including phenoxy) is 2. The molecule has 0 saturated carbocycles. The molecule has 0 aromatic heterocycles. The van der Waals surface area contributed by atoms with Crippen LogP contribution in [0.3, 0.4) is 0 Å². The number of halogens is 1. The van der Waals surface area contributed by atoms with E-state index in [0.29, 0.717) is 42.7 Å². The lowest BCUT2D eigenvalue weighted by molar-refractivity contribution is 0.0162. The van der Waals surface area contributed by atoms with Crippen molar-refractivity contribution in [3.8, 4) is 5.75 Å². The molecule has 6 heteroatoms. The summed E-state index contributed by atoms with van der Waals surface area (Å²) in [5.41, 5.74) is 1.55. The van der Waals surface area contributed by atoms with Gasteiger partial charge in [-0.3, -0.25) is 9.69 Å². The average Bonchev–Trinajstić information content (AvgIpc) is 2.71. The van der Waals surface area contributed by atoms with E-state index in [-0.39, 0.29) is 11.9 Å². The predicted molar refractivity (Wildman–Crippen MR) is 107 cm³/mol. The van der Waals surface area contributed by atoms with E-state index in [9.17, 15) is 4.79 Å². The van der Waals surface area contributed by atoms with E-state index in [4.69, 9.17) is 21.1 Å². The number of carbonyl (C=O) groups is 1. The number of morpholine rings is 1. The van der Waals surface area contributed by atoms with Crippen molar-refractivity contribution in [2.24, 2.45) is 0 Å². The van der Waals surface area contributed by atoms with Crippen LogP contribution in [0.5, 0.6) is 5.75 Å². The van der Waals surface area contributed by atoms with E-state index >= 15 is 0 Å². The molecule has 0 unspecified atom stereocenters. The minimum Gasteiger partial charge on any atom is -0.493 e. The average molecular weight is 389 g/mol. The fourth-order valence-electron chi connectivity index (χ4n) is 3.29. The maximum Gasteiger partial charge on any atom is 0.255 e. The topological polar surface area (TPSA) is 50.8 Å². The van der Waals surface area contributed by atoms with Crippen LogP contribution in [0.4, 0.5) is 0 Å². The minimum atomic E-state index is -0.149. The Balaban J connectivity index is 1.77. The van der Waals surface area contributed by atoms with Crippen molar-refractivity contribution >= 4 is 17.5 Å². The highest BCUT2D eigenvalue weighted by molar-refractivity contribution is 6.31. The van der Waals surface area contributed by atoms with Crippen molar-refractivity contribution in [3.05, 3.63) is 64.7 Å². The predicted octanol–water partition coefficient (Wildman–Crippen LogP) is 3.54. The summed E-state index contributed by atoms with van der Waals surface area (Å²) in [7, 11) is 0. The Kier molecular flexibility index (Phi) is 7.10. The Morgan fingerprint density at radius 3 is 2.63 bits per heavy atom. The van der Waals surface area contributed by atoms with Gasteiger partial charge in [-0.05, 0) is 30.7 Å². The summed E-state index contributed by atoms with van der Waals surface area (Å²) in [5.74, 6) is 0.447. The Hall–Kier alpha value is -2.08. The van der Waals surface area contributed by atoms with Crippen LogP contribution < -0.4 is 10.1 Å². The second kappa shape index (κ2) is 9.74. The Labute approximate surface area is 165 Å². The van der Waals surface area contributed by atoms with Gasteiger partial charge in [-0.1, -0.05) is 41.9 Å². The molecule has 144 valence electrons. The van der Waals surface area contributed by atoms with Crippen LogP contribution >= 0.6 is 11.6 Å². The number of benzene rings is 2. The van der Waals surface area contributed by atoms with E-state index < -0.39 is 0 Å². The first kappa shape index (κ1) is 19.7. The van der Waals surface area contributed by atoms with Gasteiger partial charge in [-0.15, -0.1) is 0 Å². The van der Waals surface area contributed by atoms with Gasteiger partial charge in [0.05, 0.1) is 31.4 Å². The molecule has 0 aliphatic carbocycles.